The van der Waals surface area contributed by atoms with Crippen LogP contribution in [-0.4, -0.2) is 5.75 Å². The molecule has 0 aliphatic carbocycles. The van der Waals surface area contributed by atoms with Crippen molar-refractivity contribution in [2.75, 3.05) is 5.75 Å². The number of thiol groups is 1. The van der Waals surface area contributed by atoms with Crippen molar-refractivity contribution in [1.82, 2.24) is 0 Å². The summed E-state index contributed by atoms with van der Waals surface area (Å²) in [6.45, 7) is 13.9. The van der Waals surface area contributed by atoms with Crippen LogP contribution in [0.2, 0.25) is 0 Å². The summed E-state index contributed by atoms with van der Waals surface area (Å²) in [5.41, 5.74) is 2.11. The number of hydrogen-bond donors (Lipinski definition) is 1. The number of thiophene rings is 1. The van der Waals surface area contributed by atoms with Gasteiger partial charge in [-0.05, 0) is 47.5 Å². The van der Waals surface area contributed by atoms with Crippen LogP contribution in [0.4, 0.5) is 0 Å². The topological polar surface area (TPSA) is 0 Å². The molecular weight excluding hydrogens is 256 g/mol. The van der Waals surface area contributed by atoms with Crippen molar-refractivity contribution in [2.24, 2.45) is 0 Å². The van der Waals surface area contributed by atoms with Crippen molar-refractivity contribution < 1.29 is 0 Å². The second kappa shape index (κ2) is 6.00. The van der Waals surface area contributed by atoms with Crippen molar-refractivity contribution in [3.8, 4) is 0 Å². The molecule has 0 fully saturated rings. The molecule has 0 radical (unpaired) electrons. The number of unbranched alkanes of at least 4 members (excludes halogenated alkanes) is 1. The second-order valence-electron chi connectivity index (χ2n) is 7.15. The fraction of sp³-hybridized carbons (Fsp3) is 0.750. The van der Waals surface area contributed by atoms with E-state index >= 15 is 0 Å². The standard InChI is InChI=1S/C16H28S2/c1-15(2,3)13-11-12(9-7-8-10-17)14(18-13)16(4,5)6/h11,17H,7-10H2,1-6H3. The fourth-order valence-electron chi connectivity index (χ4n) is 2.05. The molecule has 0 unspecified atom stereocenters. The maximum absolute atomic E-state index is 4.30. The molecule has 0 N–H and O–H groups in total. The Kier molecular flexibility index (Phi) is 5.37. The quantitative estimate of drug-likeness (QED) is 0.540. The van der Waals surface area contributed by atoms with E-state index in [-0.39, 0.29) is 10.8 Å². The second-order valence-corrected chi connectivity index (χ2v) is 8.65. The summed E-state index contributed by atoms with van der Waals surface area (Å²) >= 11 is 6.32. The van der Waals surface area contributed by atoms with Crippen LogP contribution >= 0.6 is 24.0 Å². The van der Waals surface area contributed by atoms with E-state index in [2.05, 4.69) is 60.2 Å². The molecule has 1 aromatic heterocycles. The van der Waals surface area contributed by atoms with Gasteiger partial charge < -0.3 is 0 Å². The Morgan fingerprint density at radius 2 is 1.61 bits per heavy atom. The highest BCUT2D eigenvalue weighted by atomic mass is 32.1. The largest absolute Gasteiger partial charge is 0.179 e. The van der Waals surface area contributed by atoms with Gasteiger partial charge in [0.15, 0.2) is 0 Å². The molecule has 0 saturated carbocycles. The van der Waals surface area contributed by atoms with E-state index < -0.39 is 0 Å². The highest BCUT2D eigenvalue weighted by Gasteiger charge is 2.25. The lowest BCUT2D eigenvalue weighted by atomic mass is 9.88. The molecule has 2 heteroatoms. The minimum atomic E-state index is 0.268. The summed E-state index contributed by atoms with van der Waals surface area (Å²) in [4.78, 5) is 3.10. The lowest BCUT2D eigenvalue weighted by Gasteiger charge is -2.19. The van der Waals surface area contributed by atoms with Crippen LogP contribution in [0, 0.1) is 0 Å². The zero-order valence-corrected chi connectivity index (χ0v) is 14.5. The Labute approximate surface area is 123 Å². The van der Waals surface area contributed by atoms with Gasteiger partial charge in [0.2, 0.25) is 0 Å². The number of hydrogen-bond acceptors (Lipinski definition) is 2. The first-order valence-electron chi connectivity index (χ1n) is 6.91. The summed E-state index contributed by atoms with van der Waals surface area (Å²) < 4.78 is 0. The first-order valence-corrected chi connectivity index (χ1v) is 8.35. The molecule has 0 spiro atoms. The average Bonchev–Trinajstić information content (AvgIpc) is 2.61. The van der Waals surface area contributed by atoms with Gasteiger partial charge in [-0.1, -0.05) is 41.5 Å². The molecule has 104 valence electrons. The lowest BCUT2D eigenvalue weighted by molar-refractivity contribution is 0.594. The van der Waals surface area contributed by atoms with Gasteiger partial charge in [0.05, 0.1) is 0 Å². The Hall–Kier alpha value is 0.0500. The van der Waals surface area contributed by atoms with Crippen LogP contribution in [0.15, 0.2) is 6.07 Å². The SMILES string of the molecule is CC(C)(C)c1cc(CCCCS)c(C(C)(C)C)s1. The van der Waals surface area contributed by atoms with E-state index in [1.807, 2.05) is 11.3 Å². The summed E-state index contributed by atoms with van der Waals surface area (Å²) in [6, 6.07) is 2.45. The molecule has 1 aromatic rings. The van der Waals surface area contributed by atoms with Gasteiger partial charge >= 0.3 is 0 Å². The van der Waals surface area contributed by atoms with Gasteiger partial charge in [-0.2, -0.15) is 12.6 Å². The summed E-state index contributed by atoms with van der Waals surface area (Å²) in [7, 11) is 0. The smallest absolute Gasteiger partial charge is 0.0134 e. The van der Waals surface area contributed by atoms with Crippen molar-refractivity contribution in [2.45, 2.75) is 71.6 Å². The first kappa shape index (κ1) is 16.1. The Balaban J connectivity index is 3.02. The van der Waals surface area contributed by atoms with E-state index in [0.29, 0.717) is 0 Å². The lowest BCUT2D eigenvalue weighted by Crippen LogP contribution is -2.11. The summed E-state index contributed by atoms with van der Waals surface area (Å²) in [5.74, 6) is 1.00. The van der Waals surface area contributed by atoms with Crippen molar-refractivity contribution >= 4 is 24.0 Å². The molecule has 0 aliphatic heterocycles. The predicted molar refractivity (Wildman–Crippen MR) is 88.5 cm³/mol. The van der Waals surface area contributed by atoms with Crippen LogP contribution in [-0.2, 0) is 17.3 Å². The van der Waals surface area contributed by atoms with E-state index in [4.69, 9.17) is 0 Å². The van der Waals surface area contributed by atoms with Gasteiger partial charge in [-0.25, -0.2) is 0 Å². The molecule has 1 rings (SSSR count). The number of rotatable bonds is 4. The van der Waals surface area contributed by atoms with E-state index in [1.54, 1.807) is 10.4 Å². The van der Waals surface area contributed by atoms with Crippen LogP contribution in [0.3, 0.4) is 0 Å². The molecular formula is C16H28S2. The molecule has 0 nitrogen and oxygen atoms in total. The molecule has 1 heterocycles. The van der Waals surface area contributed by atoms with E-state index in [0.717, 1.165) is 5.75 Å². The van der Waals surface area contributed by atoms with Gasteiger partial charge in [0, 0.05) is 9.75 Å². The van der Waals surface area contributed by atoms with E-state index in [9.17, 15) is 0 Å². The minimum absolute atomic E-state index is 0.268. The third-order valence-corrected chi connectivity index (χ3v) is 5.43. The zero-order valence-electron chi connectivity index (χ0n) is 12.8. The minimum Gasteiger partial charge on any atom is -0.179 e. The van der Waals surface area contributed by atoms with Gasteiger partial charge in [-0.15, -0.1) is 11.3 Å². The molecule has 0 bridgehead atoms. The summed E-state index contributed by atoms with van der Waals surface area (Å²) in [5, 5.41) is 0. The third-order valence-electron chi connectivity index (χ3n) is 3.08. The highest BCUT2D eigenvalue weighted by Crippen LogP contribution is 2.39. The molecule has 0 amide bonds. The van der Waals surface area contributed by atoms with Gasteiger partial charge in [-0.3, -0.25) is 0 Å². The average molecular weight is 285 g/mol. The first-order chi connectivity index (χ1) is 8.16. The molecule has 0 saturated heterocycles. The van der Waals surface area contributed by atoms with Crippen LogP contribution in [0.25, 0.3) is 0 Å². The zero-order chi connectivity index (χ0) is 14.0. The normalized spacial score (nSPS) is 13.1. The van der Waals surface area contributed by atoms with Crippen molar-refractivity contribution in [3.05, 3.63) is 21.4 Å². The summed E-state index contributed by atoms with van der Waals surface area (Å²) in [6.07, 6.45) is 3.68. The van der Waals surface area contributed by atoms with Crippen LogP contribution < -0.4 is 0 Å². The number of aryl methyl sites for hydroxylation is 1. The Morgan fingerprint density at radius 1 is 1.00 bits per heavy atom. The van der Waals surface area contributed by atoms with Gasteiger partial charge in [0.1, 0.15) is 0 Å². The van der Waals surface area contributed by atoms with Crippen molar-refractivity contribution in [1.29, 1.82) is 0 Å². The molecule has 0 aromatic carbocycles. The van der Waals surface area contributed by atoms with Gasteiger partial charge in [0.25, 0.3) is 0 Å². The highest BCUT2D eigenvalue weighted by molar-refractivity contribution is 7.80. The van der Waals surface area contributed by atoms with Crippen molar-refractivity contribution in [3.63, 3.8) is 0 Å². The monoisotopic (exact) mass is 284 g/mol. The fourth-order valence-corrected chi connectivity index (χ4v) is 3.60. The third kappa shape index (κ3) is 4.31. The predicted octanol–water partition coefficient (Wildman–Crippen LogP) is 5.60. The van der Waals surface area contributed by atoms with E-state index in [1.165, 1.54) is 24.1 Å². The van der Waals surface area contributed by atoms with Crippen LogP contribution in [0.5, 0.6) is 0 Å². The maximum atomic E-state index is 4.30. The Bertz CT molecular complexity index is 375. The molecule has 0 atom stereocenters. The maximum Gasteiger partial charge on any atom is 0.0134 e. The molecule has 0 aliphatic rings. The molecule has 18 heavy (non-hydrogen) atoms. The van der Waals surface area contributed by atoms with Crippen LogP contribution in [0.1, 0.15) is 69.7 Å². The Morgan fingerprint density at radius 3 is 2.06 bits per heavy atom.